The number of nitrogens with one attached hydrogen (secondary N) is 2. The van der Waals surface area contributed by atoms with Gasteiger partial charge in [0, 0.05) is 32.3 Å². The minimum absolute atomic E-state index is 0.0280. The van der Waals surface area contributed by atoms with Crippen LogP contribution < -0.4 is 10.6 Å². The van der Waals surface area contributed by atoms with Gasteiger partial charge in [-0.05, 0) is 43.9 Å². The maximum absolute atomic E-state index is 11.9. The van der Waals surface area contributed by atoms with Crippen molar-refractivity contribution in [1.82, 2.24) is 15.5 Å². The third-order valence-corrected chi connectivity index (χ3v) is 4.62. The molecule has 0 spiro atoms. The van der Waals surface area contributed by atoms with Gasteiger partial charge in [-0.3, -0.25) is 4.79 Å². The predicted octanol–water partition coefficient (Wildman–Crippen LogP) is 2.59. The lowest BCUT2D eigenvalue weighted by molar-refractivity contribution is -0.127. The maximum atomic E-state index is 11.9. The van der Waals surface area contributed by atoms with E-state index in [1.165, 1.54) is 11.3 Å². The van der Waals surface area contributed by atoms with E-state index in [1.54, 1.807) is 14.1 Å². The predicted molar refractivity (Wildman–Crippen MR) is 106 cm³/mol. The first-order chi connectivity index (χ1) is 12.5. The molecule has 0 aliphatic carbocycles. The van der Waals surface area contributed by atoms with E-state index in [0.717, 1.165) is 25.0 Å². The Hall–Kier alpha value is -1.79. The Morgan fingerprint density at radius 3 is 2.69 bits per heavy atom. The summed E-state index contributed by atoms with van der Waals surface area (Å²) in [6.07, 6.45) is 3.54. The summed E-state index contributed by atoms with van der Waals surface area (Å²) in [7, 11) is 3.45. The quantitative estimate of drug-likeness (QED) is 0.588. The molecule has 26 heavy (non-hydrogen) atoms. The number of halogens is 1. The third kappa shape index (κ3) is 6.84. The number of benzene rings is 1. The molecule has 1 aromatic rings. The normalized spacial score (nSPS) is 18.9. The van der Waals surface area contributed by atoms with Gasteiger partial charge in [0.05, 0.1) is 12.1 Å². The van der Waals surface area contributed by atoms with Gasteiger partial charge in [-0.2, -0.15) is 0 Å². The molecule has 2 N–H and O–H groups in total. The fourth-order valence-corrected chi connectivity index (χ4v) is 2.79. The second kappa shape index (κ2) is 10.4. The molecular formula is C19H29ClN4O2. The standard InChI is InChI=1S/C19H29ClN4O2/c1-14(15-7-9-16(20)10-8-15)23-19(22-13-18(25)24(2)3)21-12-17-6-4-5-11-26-17/h7-10,14,17H,4-6,11-13H2,1-3H3,(H2,21,22,23). The third-order valence-electron chi connectivity index (χ3n) is 4.37. The van der Waals surface area contributed by atoms with Crippen molar-refractivity contribution in [1.29, 1.82) is 0 Å². The van der Waals surface area contributed by atoms with Gasteiger partial charge >= 0.3 is 0 Å². The Bertz CT molecular complexity index is 598. The van der Waals surface area contributed by atoms with Crippen LogP contribution in [0.25, 0.3) is 0 Å². The summed E-state index contributed by atoms with van der Waals surface area (Å²) < 4.78 is 5.76. The van der Waals surface area contributed by atoms with E-state index in [4.69, 9.17) is 16.3 Å². The van der Waals surface area contributed by atoms with Gasteiger partial charge in [-0.25, -0.2) is 4.99 Å². The van der Waals surface area contributed by atoms with E-state index in [1.807, 2.05) is 31.2 Å². The molecule has 1 heterocycles. The second-order valence-corrected chi connectivity index (χ2v) is 7.18. The lowest BCUT2D eigenvalue weighted by atomic mass is 10.1. The summed E-state index contributed by atoms with van der Waals surface area (Å²) >= 11 is 5.96. The molecule has 6 nitrogen and oxygen atoms in total. The van der Waals surface area contributed by atoms with Crippen molar-refractivity contribution in [2.45, 2.75) is 38.3 Å². The highest BCUT2D eigenvalue weighted by molar-refractivity contribution is 6.30. The smallest absolute Gasteiger partial charge is 0.243 e. The average Bonchev–Trinajstić information content (AvgIpc) is 2.64. The molecule has 0 saturated carbocycles. The van der Waals surface area contributed by atoms with E-state index in [0.29, 0.717) is 17.5 Å². The summed E-state index contributed by atoms with van der Waals surface area (Å²) in [6, 6.07) is 7.72. The highest BCUT2D eigenvalue weighted by Crippen LogP contribution is 2.16. The number of carbonyl (C=O) groups is 1. The zero-order valence-corrected chi connectivity index (χ0v) is 16.6. The average molecular weight is 381 g/mol. The van der Waals surface area contributed by atoms with Crippen molar-refractivity contribution in [3.63, 3.8) is 0 Å². The SMILES string of the molecule is CC(NC(=NCC(=O)N(C)C)NCC1CCCCO1)c1ccc(Cl)cc1. The van der Waals surface area contributed by atoms with Gasteiger partial charge in [-0.15, -0.1) is 0 Å². The molecule has 0 bridgehead atoms. The maximum Gasteiger partial charge on any atom is 0.243 e. The number of hydrogen-bond donors (Lipinski definition) is 2. The molecule has 1 amide bonds. The van der Waals surface area contributed by atoms with Gasteiger partial charge in [0.15, 0.2) is 5.96 Å². The van der Waals surface area contributed by atoms with Gasteiger partial charge in [-0.1, -0.05) is 23.7 Å². The number of amides is 1. The summed E-state index contributed by atoms with van der Waals surface area (Å²) in [5.41, 5.74) is 1.09. The first-order valence-corrected chi connectivity index (χ1v) is 9.45. The van der Waals surface area contributed by atoms with E-state index in [-0.39, 0.29) is 24.6 Å². The van der Waals surface area contributed by atoms with Crippen molar-refractivity contribution in [3.05, 3.63) is 34.9 Å². The molecule has 144 valence electrons. The van der Waals surface area contributed by atoms with Crippen LogP contribution >= 0.6 is 11.6 Å². The Kier molecular flexibility index (Phi) is 8.19. The van der Waals surface area contributed by atoms with Crippen molar-refractivity contribution in [3.8, 4) is 0 Å². The number of ether oxygens (including phenoxy) is 1. The van der Waals surface area contributed by atoms with Gasteiger partial charge < -0.3 is 20.3 Å². The summed E-state index contributed by atoms with van der Waals surface area (Å²) in [6.45, 7) is 3.63. The number of nitrogens with zero attached hydrogens (tertiary/aromatic N) is 2. The van der Waals surface area contributed by atoms with Crippen LogP contribution in [0.1, 0.15) is 37.8 Å². The topological polar surface area (TPSA) is 66.0 Å². The van der Waals surface area contributed by atoms with E-state index in [9.17, 15) is 4.79 Å². The lowest BCUT2D eigenvalue weighted by Crippen LogP contribution is -2.44. The Morgan fingerprint density at radius 1 is 1.35 bits per heavy atom. The molecule has 1 aliphatic rings. The first kappa shape index (κ1) is 20.5. The second-order valence-electron chi connectivity index (χ2n) is 6.74. The summed E-state index contributed by atoms with van der Waals surface area (Å²) in [5.74, 6) is 0.566. The highest BCUT2D eigenvalue weighted by atomic mass is 35.5. The van der Waals surface area contributed by atoms with Crippen molar-refractivity contribution in [2.24, 2.45) is 4.99 Å². The fourth-order valence-electron chi connectivity index (χ4n) is 2.66. The van der Waals surface area contributed by atoms with Gasteiger partial charge in [0.2, 0.25) is 5.91 Å². The molecule has 2 atom stereocenters. The summed E-state index contributed by atoms with van der Waals surface area (Å²) in [5, 5.41) is 7.38. The monoisotopic (exact) mass is 380 g/mol. The number of guanidine groups is 1. The molecule has 1 aliphatic heterocycles. The molecule has 2 rings (SSSR count). The van der Waals surface area contributed by atoms with Crippen LogP contribution in [-0.4, -0.2) is 56.7 Å². The molecule has 7 heteroatoms. The zero-order chi connectivity index (χ0) is 18.9. The molecule has 0 radical (unpaired) electrons. The lowest BCUT2D eigenvalue weighted by Gasteiger charge is -2.25. The van der Waals surface area contributed by atoms with Gasteiger partial charge in [0.1, 0.15) is 6.54 Å². The van der Waals surface area contributed by atoms with Crippen LogP contribution in [0.2, 0.25) is 5.02 Å². The Balaban J connectivity index is 1.99. The van der Waals surface area contributed by atoms with Crippen LogP contribution in [0, 0.1) is 0 Å². The zero-order valence-electron chi connectivity index (χ0n) is 15.8. The minimum atomic E-state index is -0.0424. The van der Waals surface area contributed by atoms with Crippen LogP contribution in [0.3, 0.4) is 0 Å². The van der Waals surface area contributed by atoms with E-state index in [2.05, 4.69) is 15.6 Å². The number of rotatable bonds is 6. The number of aliphatic imine (C=N–C) groups is 1. The number of likely N-dealkylation sites (N-methyl/N-ethyl adjacent to an activating group) is 1. The van der Waals surface area contributed by atoms with Gasteiger partial charge in [0.25, 0.3) is 0 Å². The van der Waals surface area contributed by atoms with E-state index >= 15 is 0 Å². The fraction of sp³-hybridized carbons (Fsp3) is 0.579. The van der Waals surface area contributed by atoms with E-state index < -0.39 is 0 Å². The van der Waals surface area contributed by atoms with Crippen molar-refractivity contribution < 1.29 is 9.53 Å². The van der Waals surface area contributed by atoms with Crippen LogP contribution in [-0.2, 0) is 9.53 Å². The molecule has 0 aromatic heterocycles. The molecule has 1 saturated heterocycles. The van der Waals surface area contributed by atoms with Crippen LogP contribution in [0.15, 0.2) is 29.3 Å². The number of carbonyl (C=O) groups excluding carboxylic acids is 1. The van der Waals surface area contributed by atoms with Crippen LogP contribution in [0.5, 0.6) is 0 Å². The van der Waals surface area contributed by atoms with Crippen LogP contribution in [0.4, 0.5) is 0 Å². The molecule has 1 aromatic carbocycles. The summed E-state index contributed by atoms with van der Waals surface area (Å²) in [4.78, 5) is 17.8. The van der Waals surface area contributed by atoms with Crippen molar-refractivity contribution >= 4 is 23.5 Å². The molecular weight excluding hydrogens is 352 g/mol. The molecule has 1 fully saturated rings. The highest BCUT2D eigenvalue weighted by Gasteiger charge is 2.15. The Morgan fingerprint density at radius 2 is 2.08 bits per heavy atom. The first-order valence-electron chi connectivity index (χ1n) is 9.08. The molecule has 2 unspecified atom stereocenters. The largest absolute Gasteiger partial charge is 0.376 e. The minimum Gasteiger partial charge on any atom is -0.376 e. The Labute approximate surface area is 161 Å². The van der Waals surface area contributed by atoms with Crippen molar-refractivity contribution in [2.75, 3.05) is 33.8 Å². The number of hydrogen-bond acceptors (Lipinski definition) is 3.